The van der Waals surface area contributed by atoms with Crippen molar-refractivity contribution < 1.29 is 9.90 Å². The van der Waals surface area contributed by atoms with Crippen molar-refractivity contribution >= 4 is 34.1 Å². The van der Waals surface area contributed by atoms with Crippen molar-refractivity contribution in [2.45, 2.75) is 19.1 Å². The fourth-order valence-corrected chi connectivity index (χ4v) is 2.06. The SMILES string of the molecule is CCC(=S)SCc1ccccc1C(=O)O. The third-order valence-corrected chi connectivity index (χ3v) is 3.63. The van der Waals surface area contributed by atoms with Crippen LogP contribution < -0.4 is 0 Å². The monoisotopic (exact) mass is 240 g/mol. The Morgan fingerprint density at radius 2 is 2.13 bits per heavy atom. The lowest BCUT2D eigenvalue weighted by Crippen LogP contribution is -2.01. The Hall–Kier alpha value is -0.870. The van der Waals surface area contributed by atoms with Gasteiger partial charge in [-0.1, -0.05) is 37.3 Å². The summed E-state index contributed by atoms with van der Waals surface area (Å²) in [6.07, 6.45) is 0.842. The van der Waals surface area contributed by atoms with Crippen molar-refractivity contribution in [1.82, 2.24) is 0 Å². The molecule has 0 aromatic heterocycles. The van der Waals surface area contributed by atoms with Crippen LogP contribution in [-0.2, 0) is 5.75 Å². The molecule has 0 saturated carbocycles. The van der Waals surface area contributed by atoms with Crippen LogP contribution in [0.25, 0.3) is 0 Å². The largest absolute Gasteiger partial charge is 0.478 e. The molecule has 2 nitrogen and oxygen atoms in total. The summed E-state index contributed by atoms with van der Waals surface area (Å²) in [5, 5.41) is 8.95. The molecule has 0 fully saturated rings. The van der Waals surface area contributed by atoms with E-state index in [0.717, 1.165) is 16.2 Å². The third-order valence-electron chi connectivity index (χ3n) is 1.93. The van der Waals surface area contributed by atoms with Crippen molar-refractivity contribution in [3.05, 3.63) is 35.4 Å². The van der Waals surface area contributed by atoms with Crippen LogP contribution in [0.2, 0.25) is 0 Å². The number of thiocarbonyl (C=S) groups is 1. The number of benzene rings is 1. The fraction of sp³-hybridized carbons (Fsp3) is 0.273. The molecule has 4 heteroatoms. The summed E-state index contributed by atoms with van der Waals surface area (Å²) in [4.78, 5) is 10.9. The van der Waals surface area contributed by atoms with Gasteiger partial charge in [-0.05, 0) is 18.1 Å². The zero-order valence-electron chi connectivity index (χ0n) is 8.40. The highest BCUT2D eigenvalue weighted by atomic mass is 32.2. The van der Waals surface area contributed by atoms with Gasteiger partial charge in [-0.2, -0.15) is 0 Å². The van der Waals surface area contributed by atoms with Gasteiger partial charge in [0.1, 0.15) is 0 Å². The van der Waals surface area contributed by atoms with E-state index >= 15 is 0 Å². The van der Waals surface area contributed by atoms with Crippen LogP contribution in [0.15, 0.2) is 24.3 Å². The van der Waals surface area contributed by atoms with E-state index in [1.54, 1.807) is 12.1 Å². The molecule has 0 aliphatic heterocycles. The highest BCUT2D eigenvalue weighted by Gasteiger charge is 2.08. The van der Waals surface area contributed by atoms with E-state index in [1.807, 2.05) is 19.1 Å². The number of hydrogen-bond donors (Lipinski definition) is 1. The molecule has 1 rings (SSSR count). The zero-order chi connectivity index (χ0) is 11.3. The molecule has 0 saturated heterocycles. The Bertz CT molecular complexity index is 375. The highest BCUT2D eigenvalue weighted by molar-refractivity contribution is 8.22. The summed E-state index contributed by atoms with van der Waals surface area (Å²) in [6.45, 7) is 2.00. The van der Waals surface area contributed by atoms with Gasteiger partial charge in [-0.3, -0.25) is 0 Å². The second-order valence-electron chi connectivity index (χ2n) is 2.98. The van der Waals surface area contributed by atoms with Gasteiger partial charge >= 0.3 is 5.97 Å². The van der Waals surface area contributed by atoms with E-state index in [1.165, 1.54) is 11.8 Å². The molecule has 80 valence electrons. The Kier molecular flexibility index (Phi) is 4.78. The predicted molar refractivity (Wildman–Crippen MR) is 67.6 cm³/mol. The number of carbonyl (C=O) groups is 1. The number of carboxylic acid groups (broad SMARTS) is 1. The van der Waals surface area contributed by atoms with Crippen LogP contribution in [0.5, 0.6) is 0 Å². The van der Waals surface area contributed by atoms with Crippen LogP contribution in [0.3, 0.4) is 0 Å². The Morgan fingerprint density at radius 3 is 2.73 bits per heavy atom. The molecule has 0 amide bonds. The molecule has 1 aromatic rings. The van der Waals surface area contributed by atoms with Gasteiger partial charge in [0.25, 0.3) is 0 Å². The molecular weight excluding hydrogens is 228 g/mol. The summed E-state index contributed by atoms with van der Waals surface area (Å²) in [7, 11) is 0. The normalized spacial score (nSPS) is 9.93. The first-order chi connectivity index (χ1) is 7.15. The van der Waals surface area contributed by atoms with Crippen molar-refractivity contribution in [3.63, 3.8) is 0 Å². The maximum absolute atomic E-state index is 10.9. The first-order valence-electron chi connectivity index (χ1n) is 4.62. The van der Waals surface area contributed by atoms with Gasteiger partial charge in [-0.15, -0.1) is 11.8 Å². The molecule has 1 N–H and O–H groups in total. The van der Waals surface area contributed by atoms with E-state index in [0.29, 0.717) is 11.3 Å². The second-order valence-corrected chi connectivity index (χ2v) is 4.80. The molecule has 0 aliphatic carbocycles. The third kappa shape index (κ3) is 3.64. The van der Waals surface area contributed by atoms with Gasteiger partial charge in [0.15, 0.2) is 0 Å². The summed E-state index contributed by atoms with van der Waals surface area (Å²) in [6, 6.07) is 7.02. The molecule has 15 heavy (non-hydrogen) atoms. The minimum absolute atomic E-state index is 0.365. The lowest BCUT2D eigenvalue weighted by molar-refractivity contribution is 0.0696. The Balaban J connectivity index is 2.76. The highest BCUT2D eigenvalue weighted by Crippen LogP contribution is 2.19. The average molecular weight is 240 g/mol. The molecule has 0 unspecified atom stereocenters. The minimum Gasteiger partial charge on any atom is -0.478 e. The number of hydrogen-bond acceptors (Lipinski definition) is 3. The van der Waals surface area contributed by atoms with Gasteiger partial charge < -0.3 is 5.11 Å². The van der Waals surface area contributed by atoms with Crippen molar-refractivity contribution in [3.8, 4) is 0 Å². The lowest BCUT2D eigenvalue weighted by Gasteiger charge is -2.05. The quantitative estimate of drug-likeness (QED) is 0.819. The lowest BCUT2D eigenvalue weighted by atomic mass is 10.1. The van der Waals surface area contributed by atoms with Crippen LogP contribution >= 0.6 is 24.0 Å². The molecular formula is C11H12O2S2. The minimum atomic E-state index is -0.881. The first-order valence-corrected chi connectivity index (χ1v) is 6.01. The van der Waals surface area contributed by atoms with E-state index in [-0.39, 0.29) is 0 Å². The van der Waals surface area contributed by atoms with Crippen LogP contribution in [-0.4, -0.2) is 15.3 Å². The van der Waals surface area contributed by atoms with Gasteiger partial charge in [0.05, 0.1) is 5.56 Å². The maximum Gasteiger partial charge on any atom is 0.335 e. The maximum atomic E-state index is 10.9. The topological polar surface area (TPSA) is 37.3 Å². The first kappa shape index (κ1) is 12.2. The molecule has 0 atom stereocenters. The van der Waals surface area contributed by atoms with Crippen LogP contribution in [0.4, 0.5) is 0 Å². The molecule has 0 heterocycles. The van der Waals surface area contributed by atoms with Crippen LogP contribution in [0.1, 0.15) is 29.3 Å². The number of thioether (sulfide) groups is 1. The van der Waals surface area contributed by atoms with E-state index in [9.17, 15) is 4.79 Å². The summed E-state index contributed by atoms with van der Waals surface area (Å²) < 4.78 is 0.912. The summed E-state index contributed by atoms with van der Waals surface area (Å²) in [5.41, 5.74) is 1.19. The number of carboxylic acids is 1. The van der Waals surface area contributed by atoms with E-state index in [2.05, 4.69) is 0 Å². The predicted octanol–water partition coefficient (Wildman–Crippen LogP) is 3.36. The van der Waals surface area contributed by atoms with Crippen molar-refractivity contribution in [1.29, 1.82) is 0 Å². The zero-order valence-corrected chi connectivity index (χ0v) is 10.0. The molecule has 0 spiro atoms. The molecule has 1 aromatic carbocycles. The summed E-state index contributed by atoms with van der Waals surface area (Å²) in [5.74, 6) is -0.247. The molecule has 0 radical (unpaired) electrons. The standard InChI is InChI=1S/C11H12O2S2/c1-2-10(14)15-7-8-5-3-4-6-9(8)11(12)13/h3-6H,2,7H2,1H3,(H,12,13). The molecule has 0 aliphatic rings. The van der Waals surface area contributed by atoms with Gasteiger partial charge in [0, 0.05) is 9.95 Å². The van der Waals surface area contributed by atoms with E-state index in [4.69, 9.17) is 17.3 Å². The number of aromatic carboxylic acids is 1. The Labute approximate surface area is 98.7 Å². The number of rotatable bonds is 4. The smallest absolute Gasteiger partial charge is 0.335 e. The van der Waals surface area contributed by atoms with Crippen molar-refractivity contribution in [2.75, 3.05) is 0 Å². The van der Waals surface area contributed by atoms with E-state index < -0.39 is 5.97 Å². The van der Waals surface area contributed by atoms with Crippen LogP contribution in [0, 0.1) is 0 Å². The van der Waals surface area contributed by atoms with Crippen molar-refractivity contribution in [2.24, 2.45) is 0 Å². The molecule has 0 bridgehead atoms. The summed E-state index contributed by atoms with van der Waals surface area (Å²) >= 11 is 6.61. The fourth-order valence-electron chi connectivity index (χ4n) is 1.12. The van der Waals surface area contributed by atoms with Gasteiger partial charge in [-0.25, -0.2) is 4.79 Å². The Morgan fingerprint density at radius 1 is 1.47 bits per heavy atom. The van der Waals surface area contributed by atoms with Gasteiger partial charge in [0.2, 0.25) is 0 Å². The second kappa shape index (κ2) is 5.88. The average Bonchev–Trinajstić information content (AvgIpc) is 2.26.